The summed E-state index contributed by atoms with van der Waals surface area (Å²) in [6, 6.07) is -1.25. The van der Waals surface area contributed by atoms with Crippen LogP contribution in [-0.2, 0) is 0 Å². The Hall–Kier alpha value is -1.46. The van der Waals surface area contributed by atoms with Gasteiger partial charge in [0, 0.05) is 6.54 Å². The molecular formula is C8H20N4O2. The Bertz CT molecular complexity index is 157. The van der Waals surface area contributed by atoms with Crippen LogP contribution >= 0.6 is 0 Å². The highest BCUT2D eigenvalue weighted by Gasteiger charge is 1.89. The predicted octanol–water partition coefficient (Wildman–Crippen LogP) is 0.259. The first-order valence-corrected chi connectivity index (χ1v) is 4.58. The number of carbonyl (C=O) groups excluding carboxylic acids is 2. The summed E-state index contributed by atoms with van der Waals surface area (Å²) in [7, 11) is 0. The summed E-state index contributed by atoms with van der Waals surface area (Å²) in [4.78, 5) is 19.1. The van der Waals surface area contributed by atoms with Crippen LogP contribution in [0, 0.1) is 0 Å². The molecule has 0 aromatic carbocycles. The Balaban J connectivity index is 0. The van der Waals surface area contributed by atoms with Gasteiger partial charge in [-0.3, -0.25) is 0 Å². The first-order valence-electron chi connectivity index (χ1n) is 4.58. The summed E-state index contributed by atoms with van der Waals surface area (Å²) in [6.45, 7) is 2.87. The van der Waals surface area contributed by atoms with E-state index in [0.717, 1.165) is 13.0 Å². The average molecular weight is 204 g/mol. The molecule has 0 unspecified atom stereocenters. The number of carbonyl (C=O) groups is 2. The number of hydrogen-bond acceptors (Lipinski definition) is 2. The van der Waals surface area contributed by atoms with Gasteiger partial charge in [0.2, 0.25) is 0 Å². The van der Waals surface area contributed by atoms with Crippen molar-refractivity contribution >= 4 is 12.1 Å². The molecule has 0 rings (SSSR count). The van der Waals surface area contributed by atoms with Gasteiger partial charge in [0.25, 0.3) is 0 Å². The number of urea groups is 2. The molecular weight excluding hydrogens is 184 g/mol. The summed E-state index contributed by atoms with van der Waals surface area (Å²) < 4.78 is 0. The van der Waals surface area contributed by atoms with E-state index in [1.165, 1.54) is 19.3 Å². The molecule has 0 aliphatic rings. The van der Waals surface area contributed by atoms with Crippen LogP contribution in [0.4, 0.5) is 9.59 Å². The van der Waals surface area contributed by atoms with Gasteiger partial charge < -0.3 is 22.5 Å². The largest absolute Gasteiger partial charge is 0.352 e. The molecule has 0 radical (unpaired) electrons. The van der Waals surface area contributed by atoms with Crippen LogP contribution in [0.5, 0.6) is 0 Å². The Morgan fingerprint density at radius 2 is 1.57 bits per heavy atom. The van der Waals surface area contributed by atoms with Gasteiger partial charge in [0.05, 0.1) is 0 Å². The number of unbranched alkanes of at least 4 members (excludes halogenated alkanes) is 3. The lowest BCUT2D eigenvalue weighted by Crippen LogP contribution is -2.29. The second kappa shape index (κ2) is 11.5. The standard InChI is InChI=1S/C7H16N2O.CH4N2O/c1-2-3-4-5-6-9-7(8)10;2-1(3)4/h2-6H2,1H3,(H3,8,9,10);(H4,2,3,4). The molecule has 0 saturated carbocycles. The molecule has 0 aliphatic carbocycles. The first kappa shape index (κ1) is 15.0. The molecule has 14 heavy (non-hydrogen) atoms. The zero-order chi connectivity index (χ0) is 11.4. The van der Waals surface area contributed by atoms with E-state index in [1.54, 1.807) is 0 Å². The van der Waals surface area contributed by atoms with Crippen molar-refractivity contribution in [2.24, 2.45) is 17.2 Å². The maximum atomic E-state index is 10.1. The number of amides is 4. The fourth-order valence-corrected chi connectivity index (χ4v) is 0.763. The number of rotatable bonds is 5. The van der Waals surface area contributed by atoms with Crippen molar-refractivity contribution in [3.8, 4) is 0 Å². The average Bonchev–Trinajstić information content (AvgIpc) is 2.02. The van der Waals surface area contributed by atoms with Crippen LogP contribution in [0.25, 0.3) is 0 Å². The molecule has 0 aromatic rings. The lowest BCUT2D eigenvalue weighted by atomic mass is 10.2. The third kappa shape index (κ3) is 31.3. The predicted molar refractivity (Wildman–Crippen MR) is 55.5 cm³/mol. The van der Waals surface area contributed by atoms with Crippen molar-refractivity contribution in [2.45, 2.75) is 32.6 Å². The summed E-state index contributed by atoms with van der Waals surface area (Å²) in [6.07, 6.45) is 4.67. The molecule has 0 fully saturated rings. The van der Waals surface area contributed by atoms with Crippen molar-refractivity contribution in [1.82, 2.24) is 5.32 Å². The number of hydrogen-bond donors (Lipinski definition) is 4. The van der Waals surface area contributed by atoms with Crippen molar-refractivity contribution in [3.05, 3.63) is 0 Å². The minimum absolute atomic E-state index is 0.420. The van der Waals surface area contributed by atoms with Crippen molar-refractivity contribution < 1.29 is 9.59 Å². The summed E-state index contributed by atoms with van der Waals surface area (Å²) >= 11 is 0. The Morgan fingerprint density at radius 1 is 1.07 bits per heavy atom. The highest BCUT2D eigenvalue weighted by Crippen LogP contribution is 1.96. The highest BCUT2D eigenvalue weighted by atomic mass is 16.2. The van der Waals surface area contributed by atoms with Crippen LogP contribution in [0.15, 0.2) is 0 Å². The van der Waals surface area contributed by atoms with Gasteiger partial charge in [-0.15, -0.1) is 0 Å². The molecule has 0 atom stereocenters. The third-order valence-corrected chi connectivity index (χ3v) is 1.33. The number of nitrogens with two attached hydrogens (primary N) is 3. The summed E-state index contributed by atoms with van der Waals surface area (Å²) in [5.74, 6) is 0. The van der Waals surface area contributed by atoms with Crippen LogP contribution in [0.1, 0.15) is 32.6 Å². The zero-order valence-electron chi connectivity index (χ0n) is 8.58. The Labute approximate surface area is 84.2 Å². The first-order chi connectivity index (χ1) is 6.50. The second-order valence-corrected chi connectivity index (χ2v) is 2.75. The SMILES string of the molecule is CCCCCCNC(N)=O.NC(N)=O. The quantitative estimate of drug-likeness (QED) is 0.479. The molecule has 6 heteroatoms. The molecule has 6 nitrogen and oxygen atoms in total. The Morgan fingerprint density at radius 3 is 1.93 bits per heavy atom. The number of primary amides is 3. The second-order valence-electron chi connectivity index (χ2n) is 2.75. The van der Waals surface area contributed by atoms with E-state index in [0.29, 0.717) is 0 Å². The monoisotopic (exact) mass is 204 g/mol. The molecule has 84 valence electrons. The lowest BCUT2D eigenvalue weighted by molar-refractivity contribution is 0.248. The van der Waals surface area contributed by atoms with Gasteiger partial charge in [-0.25, -0.2) is 9.59 Å². The normalized spacial score (nSPS) is 8.36. The van der Waals surface area contributed by atoms with E-state index in [1.807, 2.05) is 0 Å². The van der Waals surface area contributed by atoms with Gasteiger partial charge >= 0.3 is 12.1 Å². The molecule has 0 saturated heterocycles. The van der Waals surface area contributed by atoms with Gasteiger partial charge in [0.15, 0.2) is 0 Å². The topological polar surface area (TPSA) is 124 Å². The van der Waals surface area contributed by atoms with Gasteiger partial charge in [-0.2, -0.15) is 0 Å². The minimum atomic E-state index is -0.833. The minimum Gasteiger partial charge on any atom is -0.352 e. The van der Waals surface area contributed by atoms with E-state index in [4.69, 9.17) is 10.5 Å². The summed E-state index contributed by atoms with van der Waals surface area (Å²) in [5.41, 5.74) is 13.4. The van der Waals surface area contributed by atoms with E-state index in [2.05, 4.69) is 23.7 Å². The van der Waals surface area contributed by atoms with Crippen molar-refractivity contribution in [3.63, 3.8) is 0 Å². The Kier molecular flexibility index (Phi) is 12.4. The highest BCUT2D eigenvalue weighted by molar-refractivity contribution is 5.71. The summed E-state index contributed by atoms with van der Waals surface area (Å²) in [5, 5.41) is 2.54. The molecule has 0 heterocycles. The van der Waals surface area contributed by atoms with Crippen LogP contribution < -0.4 is 22.5 Å². The molecule has 0 bridgehead atoms. The molecule has 0 aliphatic heterocycles. The van der Waals surface area contributed by atoms with E-state index < -0.39 is 12.1 Å². The number of nitrogens with one attached hydrogen (secondary N) is 1. The zero-order valence-corrected chi connectivity index (χ0v) is 8.58. The fourth-order valence-electron chi connectivity index (χ4n) is 0.763. The molecule has 4 amide bonds. The van der Waals surface area contributed by atoms with E-state index >= 15 is 0 Å². The smallest absolute Gasteiger partial charge is 0.312 e. The van der Waals surface area contributed by atoms with Gasteiger partial charge in [-0.05, 0) is 6.42 Å². The van der Waals surface area contributed by atoms with Crippen molar-refractivity contribution in [2.75, 3.05) is 6.54 Å². The molecule has 7 N–H and O–H groups in total. The third-order valence-electron chi connectivity index (χ3n) is 1.33. The van der Waals surface area contributed by atoms with Gasteiger partial charge in [0.1, 0.15) is 0 Å². The van der Waals surface area contributed by atoms with Crippen LogP contribution in [-0.4, -0.2) is 18.6 Å². The van der Waals surface area contributed by atoms with E-state index in [9.17, 15) is 4.79 Å². The van der Waals surface area contributed by atoms with Crippen LogP contribution in [0.2, 0.25) is 0 Å². The maximum Gasteiger partial charge on any atom is 0.312 e. The fraction of sp³-hybridized carbons (Fsp3) is 0.750. The van der Waals surface area contributed by atoms with E-state index in [-0.39, 0.29) is 0 Å². The van der Waals surface area contributed by atoms with Crippen LogP contribution in [0.3, 0.4) is 0 Å². The van der Waals surface area contributed by atoms with Crippen molar-refractivity contribution in [1.29, 1.82) is 0 Å². The van der Waals surface area contributed by atoms with Gasteiger partial charge in [-0.1, -0.05) is 26.2 Å². The molecule has 0 aromatic heterocycles. The lowest BCUT2D eigenvalue weighted by Gasteiger charge is -1.99. The maximum absolute atomic E-state index is 10.1. The molecule has 0 spiro atoms.